The van der Waals surface area contributed by atoms with E-state index in [2.05, 4.69) is 10.2 Å². The fourth-order valence-electron chi connectivity index (χ4n) is 3.03. The Morgan fingerprint density at radius 3 is 2.50 bits per heavy atom. The Balaban J connectivity index is 1.46. The molecule has 138 valence electrons. The number of hydrogen-bond acceptors (Lipinski definition) is 4. The lowest BCUT2D eigenvalue weighted by molar-refractivity contribution is 0.131. The molecule has 0 aliphatic carbocycles. The highest BCUT2D eigenvalue weighted by Crippen LogP contribution is 2.25. The van der Waals surface area contributed by atoms with E-state index < -0.39 is 6.09 Å². The zero-order chi connectivity index (χ0) is 18.0. The summed E-state index contributed by atoms with van der Waals surface area (Å²) in [5.74, 6) is 0.629. The second-order valence-corrected chi connectivity index (χ2v) is 6.43. The van der Waals surface area contributed by atoms with Crippen molar-refractivity contribution in [2.45, 2.75) is 25.9 Å². The van der Waals surface area contributed by atoms with Gasteiger partial charge in [0.2, 0.25) is 0 Å². The average molecular weight is 354 g/mol. The van der Waals surface area contributed by atoms with Gasteiger partial charge in [-0.2, -0.15) is 0 Å². The minimum absolute atomic E-state index is 0.402. The fraction of sp³-hybridized carbons (Fsp3) is 0.381. The molecule has 0 radical (unpaired) electrons. The molecule has 1 N–H and O–H groups in total. The highest BCUT2D eigenvalue weighted by Gasteiger charge is 2.12. The van der Waals surface area contributed by atoms with E-state index in [1.165, 1.54) is 19.3 Å². The number of nitrogens with one attached hydrogen (secondary N) is 1. The third-order valence-corrected chi connectivity index (χ3v) is 4.45. The van der Waals surface area contributed by atoms with Crippen LogP contribution in [0.3, 0.4) is 0 Å². The molecule has 0 saturated carbocycles. The van der Waals surface area contributed by atoms with Gasteiger partial charge in [0.05, 0.1) is 5.69 Å². The van der Waals surface area contributed by atoms with Crippen LogP contribution in [0.2, 0.25) is 0 Å². The van der Waals surface area contributed by atoms with E-state index in [0.29, 0.717) is 24.7 Å². The highest BCUT2D eigenvalue weighted by atomic mass is 16.5. The Kier molecular flexibility index (Phi) is 6.90. The predicted molar refractivity (Wildman–Crippen MR) is 102 cm³/mol. The van der Waals surface area contributed by atoms with Crippen LogP contribution in [-0.2, 0) is 11.3 Å². The number of ether oxygens (including phenoxy) is 2. The van der Waals surface area contributed by atoms with Crippen molar-refractivity contribution in [1.82, 2.24) is 4.90 Å². The zero-order valence-electron chi connectivity index (χ0n) is 15.0. The van der Waals surface area contributed by atoms with Crippen LogP contribution in [0, 0.1) is 0 Å². The number of carbonyl (C=O) groups is 1. The molecule has 26 heavy (non-hydrogen) atoms. The first-order valence-electron chi connectivity index (χ1n) is 9.23. The maximum Gasteiger partial charge on any atom is 0.411 e. The van der Waals surface area contributed by atoms with Gasteiger partial charge in [0.25, 0.3) is 0 Å². The monoisotopic (exact) mass is 354 g/mol. The summed E-state index contributed by atoms with van der Waals surface area (Å²) in [6, 6.07) is 17.3. The molecule has 0 aromatic heterocycles. The first-order valence-corrected chi connectivity index (χ1v) is 9.23. The zero-order valence-corrected chi connectivity index (χ0v) is 15.0. The van der Waals surface area contributed by atoms with Crippen molar-refractivity contribution in [3.05, 3.63) is 60.2 Å². The molecule has 0 atom stereocenters. The van der Waals surface area contributed by atoms with Gasteiger partial charge in [0.1, 0.15) is 19.0 Å². The molecular formula is C21H26N2O3. The van der Waals surface area contributed by atoms with Gasteiger partial charge in [0, 0.05) is 6.54 Å². The van der Waals surface area contributed by atoms with Crippen LogP contribution in [0.15, 0.2) is 54.6 Å². The first-order chi connectivity index (χ1) is 12.8. The number of carbonyl (C=O) groups excluding carboxylic acids is 1. The quantitative estimate of drug-likeness (QED) is 0.805. The molecule has 1 saturated heterocycles. The largest absolute Gasteiger partial charge is 0.487 e. The number of nitrogens with zero attached hydrogens (tertiary/aromatic N) is 1. The van der Waals surface area contributed by atoms with E-state index in [9.17, 15) is 4.79 Å². The molecule has 0 spiro atoms. The predicted octanol–water partition coefficient (Wildman–Crippen LogP) is 4.30. The smallest absolute Gasteiger partial charge is 0.411 e. The molecule has 2 aromatic rings. The molecule has 0 bridgehead atoms. The van der Waals surface area contributed by atoms with Crippen LogP contribution in [0.25, 0.3) is 0 Å². The van der Waals surface area contributed by atoms with E-state index in [0.717, 1.165) is 25.2 Å². The molecule has 1 aliphatic heterocycles. The first kappa shape index (κ1) is 18.3. The number of anilines is 1. The normalized spacial score (nSPS) is 14.6. The van der Waals surface area contributed by atoms with Crippen LogP contribution < -0.4 is 10.1 Å². The van der Waals surface area contributed by atoms with Gasteiger partial charge in [-0.1, -0.05) is 48.9 Å². The Morgan fingerprint density at radius 2 is 1.69 bits per heavy atom. The Hall–Kier alpha value is -2.53. The summed E-state index contributed by atoms with van der Waals surface area (Å²) in [4.78, 5) is 14.4. The third-order valence-electron chi connectivity index (χ3n) is 4.45. The Bertz CT molecular complexity index is 685. The lowest BCUT2D eigenvalue weighted by Gasteiger charge is -2.25. The SMILES string of the molecule is O=C(Nc1ccccc1OCc1ccccc1)OCCN1CCCCC1. The number of likely N-dealkylation sites (tertiary alicyclic amines) is 1. The van der Waals surface area contributed by atoms with Crippen molar-refractivity contribution in [2.75, 3.05) is 31.6 Å². The maximum absolute atomic E-state index is 12.1. The van der Waals surface area contributed by atoms with Crippen molar-refractivity contribution in [2.24, 2.45) is 0 Å². The van der Waals surface area contributed by atoms with Crippen molar-refractivity contribution in [3.8, 4) is 5.75 Å². The second kappa shape index (κ2) is 9.82. The number of amides is 1. The van der Waals surface area contributed by atoms with E-state index in [4.69, 9.17) is 9.47 Å². The summed E-state index contributed by atoms with van der Waals surface area (Å²) in [5.41, 5.74) is 1.69. The summed E-state index contributed by atoms with van der Waals surface area (Å²) in [6.07, 6.45) is 3.33. The van der Waals surface area contributed by atoms with E-state index in [1.807, 2.05) is 54.6 Å². The summed E-state index contributed by atoms with van der Waals surface area (Å²) in [6.45, 7) is 3.84. The lowest BCUT2D eigenvalue weighted by atomic mass is 10.1. The molecule has 1 amide bonds. The summed E-state index contributed by atoms with van der Waals surface area (Å²) in [7, 11) is 0. The van der Waals surface area contributed by atoms with Gasteiger partial charge >= 0.3 is 6.09 Å². The van der Waals surface area contributed by atoms with Crippen LogP contribution in [0.5, 0.6) is 5.75 Å². The van der Waals surface area contributed by atoms with Crippen LogP contribution in [0.4, 0.5) is 10.5 Å². The number of para-hydroxylation sites is 2. The molecule has 0 unspecified atom stereocenters. The summed E-state index contributed by atoms with van der Waals surface area (Å²) in [5, 5.41) is 2.78. The van der Waals surface area contributed by atoms with Crippen molar-refractivity contribution in [1.29, 1.82) is 0 Å². The number of hydrogen-bond donors (Lipinski definition) is 1. The second-order valence-electron chi connectivity index (χ2n) is 6.43. The lowest BCUT2D eigenvalue weighted by Crippen LogP contribution is -2.33. The molecular weight excluding hydrogens is 328 g/mol. The molecule has 5 heteroatoms. The van der Waals surface area contributed by atoms with E-state index in [1.54, 1.807) is 0 Å². The molecule has 1 heterocycles. The maximum atomic E-state index is 12.1. The molecule has 5 nitrogen and oxygen atoms in total. The molecule has 1 aliphatic rings. The Labute approximate surface area is 154 Å². The summed E-state index contributed by atoms with van der Waals surface area (Å²) < 4.78 is 11.2. The van der Waals surface area contributed by atoms with E-state index >= 15 is 0 Å². The van der Waals surface area contributed by atoms with E-state index in [-0.39, 0.29) is 0 Å². The van der Waals surface area contributed by atoms with Crippen LogP contribution >= 0.6 is 0 Å². The Morgan fingerprint density at radius 1 is 0.962 bits per heavy atom. The molecule has 2 aromatic carbocycles. The minimum Gasteiger partial charge on any atom is -0.487 e. The van der Waals surface area contributed by atoms with Gasteiger partial charge in [0.15, 0.2) is 0 Å². The number of rotatable bonds is 7. The summed E-state index contributed by atoms with van der Waals surface area (Å²) >= 11 is 0. The third kappa shape index (κ3) is 5.77. The van der Waals surface area contributed by atoms with Gasteiger partial charge in [-0.25, -0.2) is 4.79 Å². The van der Waals surface area contributed by atoms with Crippen LogP contribution in [-0.4, -0.2) is 37.2 Å². The van der Waals surface area contributed by atoms with Crippen molar-refractivity contribution < 1.29 is 14.3 Å². The topological polar surface area (TPSA) is 50.8 Å². The van der Waals surface area contributed by atoms with Gasteiger partial charge < -0.3 is 9.47 Å². The van der Waals surface area contributed by atoms with Gasteiger partial charge in [-0.05, 0) is 43.6 Å². The molecule has 3 rings (SSSR count). The average Bonchev–Trinajstić information content (AvgIpc) is 2.69. The van der Waals surface area contributed by atoms with Crippen LogP contribution in [0.1, 0.15) is 24.8 Å². The number of piperidine rings is 1. The van der Waals surface area contributed by atoms with Crippen molar-refractivity contribution in [3.63, 3.8) is 0 Å². The molecule has 1 fully saturated rings. The highest BCUT2D eigenvalue weighted by molar-refractivity contribution is 5.86. The number of benzene rings is 2. The van der Waals surface area contributed by atoms with Gasteiger partial charge in [-0.15, -0.1) is 0 Å². The van der Waals surface area contributed by atoms with Gasteiger partial charge in [-0.3, -0.25) is 10.2 Å². The standard InChI is InChI=1S/C21H26N2O3/c24-21(25-16-15-23-13-7-2-8-14-23)22-19-11-5-6-12-20(19)26-17-18-9-3-1-4-10-18/h1,3-6,9-12H,2,7-8,13-17H2,(H,22,24). The van der Waals surface area contributed by atoms with Crippen molar-refractivity contribution >= 4 is 11.8 Å². The minimum atomic E-state index is -0.447. The fourth-order valence-corrected chi connectivity index (χ4v) is 3.03.